The van der Waals surface area contributed by atoms with Crippen molar-refractivity contribution in [1.29, 1.82) is 0 Å². The Hall–Kier alpha value is -1.76. The molecule has 0 amide bonds. The zero-order chi connectivity index (χ0) is 37.1. The van der Waals surface area contributed by atoms with E-state index in [4.69, 9.17) is 51.1 Å². The molecule has 4 rings (SSSR count). The topological polar surface area (TPSA) is 159 Å². The van der Waals surface area contributed by atoms with Crippen molar-refractivity contribution in [2.75, 3.05) is 22.9 Å². The zero-order valence-electron chi connectivity index (χ0n) is 26.3. The normalized spacial score (nSPS) is 12.3. The summed E-state index contributed by atoms with van der Waals surface area (Å²) in [6.07, 6.45) is 2.78. The van der Waals surface area contributed by atoms with Crippen molar-refractivity contribution in [3.8, 4) is 0 Å². The van der Waals surface area contributed by atoms with Crippen LogP contribution < -0.4 is 9.03 Å². The predicted molar refractivity (Wildman–Crippen MR) is 200 cm³/mol. The van der Waals surface area contributed by atoms with Gasteiger partial charge in [0.1, 0.15) is 15.9 Å². The van der Waals surface area contributed by atoms with Crippen LogP contribution in [-0.2, 0) is 36.0 Å². The van der Waals surface area contributed by atoms with E-state index in [0.717, 1.165) is 4.31 Å². The highest BCUT2D eigenvalue weighted by Crippen LogP contribution is 2.35. The number of pyridine rings is 2. The summed E-state index contributed by atoms with van der Waals surface area (Å²) in [5.74, 6) is 0. The lowest BCUT2D eigenvalue weighted by Gasteiger charge is -2.26. The molecular weight excluding hydrogens is 894 g/mol. The maximum absolute atomic E-state index is 13.2. The Morgan fingerprint density at radius 2 is 1.24 bits per heavy atom. The van der Waals surface area contributed by atoms with E-state index in [1.54, 1.807) is 0 Å². The van der Waals surface area contributed by atoms with E-state index in [9.17, 15) is 27.0 Å². The standard InChI is InChI=1S/C16H17BrCl2N2O4S.C14H13BrCl2N2O3S/c1-16(2,22)12-7-11(4-5-13(12)19)26(23,24)21(9-25-3)14-6-10(18)8-20-15(14)17;1-14(2,20)10-6-9(3-4-11(10)17)23(21,22)19-12-5-8(16)7-18-13(12)15/h4-8,22H,9H2,1-3H3;3-7,19-20H,1-2H3. The lowest BCUT2D eigenvalue weighted by atomic mass is 9.99. The molecule has 0 aliphatic rings. The van der Waals surface area contributed by atoms with Gasteiger partial charge in [-0.15, -0.1) is 0 Å². The summed E-state index contributed by atoms with van der Waals surface area (Å²) < 4.78 is 60.5. The number of aliphatic hydroxyl groups is 2. The van der Waals surface area contributed by atoms with Crippen LogP contribution in [0.15, 0.2) is 79.9 Å². The first kappa shape index (κ1) is 41.7. The number of benzene rings is 2. The fourth-order valence-corrected chi connectivity index (χ4v) is 8.56. The molecule has 4 aromatic rings. The quantitative estimate of drug-likeness (QED) is 0.105. The molecule has 0 aliphatic heterocycles. The largest absolute Gasteiger partial charge is 0.386 e. The molecular formula is C30H30Br2Cl4N4O7S2. The Morgan fingerprint density at radius 1 is 0.776 bits per heavy atom. The molecule has 0 spiro atoms. The second kappa shape index (κ2) is 16.3. The lowest BCUT2D eigenvalue weighted by Crippen LogP contribution is -2.33. The first-order chi connectivity index (χ1) is 22.5. The minimum atomic E-state index is -4.05. The second-order valence-corrected chi connectivity index (χ2v) is 18.0. The SMILES string of the molecule is CC(C)(O)c1cc(S(=O)(=O)Nc2cc(Cl)cnc2Br)ccc1Cl.COCN(c1cc(Cl)cnc1Br)S(=O)(=O)c1ccc(Cl)c(C(C)(C)O)c1. The Morgan fingerprint density at radius 3 is 1.76 bits per heavy atom. The monoisotopic (exact) mass is 920 g/mol. The molecule has 11 nitrogen and oxygen atoms in total. The molecule has 2 aromatic heterocycles. The summed E-state index contributed by atoms with van der Waals surface area (Å²) in [5, 5.41) is 21.4. The number of hydrogen-bond acceptors (Lipinski definition) is 9. The Labute approximate surface area is 321 Å². The molecule has 0 saturated carbocycles. The van der Waals surface area contributed by atoms with E-state index in [2.05, 4.69) is 46.5 Å². The van der Waals surface area contributed by atoms with Crippen LogP contribution in [0, 0.1) is 0 Å². The molecule has 2 aromatic carbocycles. The molecule has 2 heterocycles. The number of hydrogen-bond donors (Lipinski definition) is 3. The van der Waals surface area contributed by atoms with Crippen LogP contribution in [-0.4, -0.2) is 50.9 Å². The van der Waals surface area contributed by atoms with E-state index in [-0.39, 0.29) is 43.0 Å². The van der Waals surface area contributed by atoms with E-state index in [0.29, 0.717) is 25.4 Å². The number of anilines is 2. The van der Waals surface area contributed by atoms with Gasteiger partial charge < -0.3 is 14.9 Å². The third kappa shape index (κ3) is 10.6. The highest BCUT2D eigenvalue weighted by molar-refractivity contribution is 9.10. The van der Waals surface area contributed by atoms with Crippen molar-refractivity contribution >= 4 is 110 Å². The third-order valence-corrected chi connectivity index (χ3v) is 11.9. The van der Waals surface area contributed by atoms with E-state index in [1.807, 2.05) is 0 Å². The van der Waals surface area contributed by atoms with Gasteiger partial charge in [-0.05, 0) is 108 Å². The van der Waals surface area contributed by atoms with Gasteiger partial charge in [0.15, 0.2) is 0 Å². The molecule has 0 unspecified atom stereocenters. The molecule has 19 heteroatoms. The van der Waals surface area contributed by atoms with Gasteiger partial charge in [-0.2, -0.15) is 0 Å². The van der Waals surface area contributed by atoms with Crippen molar-refractivity contribution in [1.82, 2.24) is 9.97 Å². The van der Waals surface area contributed by atoms with Gasteiger partial charge in [0.05, 0.1) is 42.4 Å². The first-order valence-corrected chi connectivity index (χ1v) is 19.7. The number of rotatable bonds is 10. The Balaban J connectivity index is 0.000000267. The fraction of sp³-hybridized carbons (Fsp3) is 0.267. The Bertz CT molecular complexity index is 2060. The van der Waals surface area contributed by atoms with Gasteiger partial charge >= 0.3 is 0 Å². The summed E-state index contributed by atoms with van der Waals surface area (Å²) in [7, 11) is -6.57. The summed E-state index contributed by atoms with van der Waals surface area (Å²) in [5.41, 5.74) is -1.56. The zero-order valence-corrected chi connectivity index (χ0v) is 34.2. The van der Waals surface area contributed by atoms with Crippen molar-refractivity contribution < 1.29 is 31.8 Å². The van der Waals surface area contributed by atoms with Crippen molar-refractivity contribution in [3.05, 3.63) is 101 Å². The van der Waals surface area contributed by atoms with Gasteiger partial charge in [-0.25, -0.2) is 31.1 Å². The van der Waals surface area contributed by atoms with E-state index < -0.39 is 31.2 Å². The summed E-state index contributed by atoms with van der Waals surface area (Å²) in [4.78, 5) is 7.86. The van der Waals surface area contributed by atoms with Gasteiger partial charge in [0, 0.05) is 40.7 Å². The second-order valence-electron chi connectivity index (χ2n) is 11.2. The van der Waals surface area contributed by atoms with E-state index in [1.165, 1.54) is 95.7 Å². The molecule has 0 bridgehead atoms. The minimum absolute atomic E-state index is 0.0362. The average molecular weight is 924 g/mol. The highest BCUT2D eigenvalue weighted by Gasteiger charge is 2.30. The van der Waals surface area contributed by atoms with Crippen LogP contribution in [0.2, 0.25) is 20.1 Å². The van der Waals surface area contributed by atoms with Gasteiger partial charge in [0.25, 0.3) is 20.0 Å². The highest BCUT2D eigenvalue weighted by atomic mass is 79.9. The number of nitrogens with zero attached hydrogens (tertiary/aromatic N) is 3. The molecule has 0 atom stereocenters. The summed E-state index contributed by atoms with van der Waals surface area (Å²) in [6.45, 7) is 5.83. The van der Waals surface area contributed by atoms with E-state index >= 15 is 0 Å². The van der Waals surface area contributed by atoms with Crippen LogP contribution in [0.3, 0.4) is 0 Å². The average Bonchev–Trinajstić information content (AvgIpc) is 2.98. The predicted octanol–water partition coefficient (Wildman–Crippen LogP) is 8.36. The summed E-state index contributed by atoms with van der Waals surface area (Å²) >= 11 is 30.3. The number of halogens is 6. The molecule has 0 fully saturated rings. The van der Waals surface area contributed by atoms with Gasteiger partial charge in [-0.1, -0.05) is 46.4 Å². The molecule has 0 aliphatic carbocycles. The van der Waals surface area contributed by atoms with Crippen molar-refractivity contribution in [2.45, 2.75) is 48.7 Å². The molecule has 3 N–H and O–H groups in total. The van der Waals surface area contributed by atoms with Gasteiger partial charge in [-0.3, -0.25) is 4.72 Å². The first-order valence-electron chi connectivity index (χ1n) is 13.7. The number of nitrogens with one attached hydrogen (secondary N) is 1. The smallest absolute Gasteiger partial charge is 0.266 e. The molecule has 266 valence electrons. The maximum Gasteiger partial charge on any atom is 0.266 e. The summed E-state index contributed by atoms with van der Waals surface area (Å²) in [6, 6.07) is 11.1. The lowest BCUT2D eigenvalue weighted by molar-refractivity contribution is 0.0779. The number of ether oxygens (including phenoxy) is 1. The number of methoxy groups -OCH3 is 1. The minimum Gasteiger partial charge on any atom is -0.386 e. The molecule has 0 radical (unpaired) electrons. The van der Waals surface area contributed by atoms with Crippen LogP contribution >= 0.6 is 78.3 Å². The van der Waals surface area contributed by atoms with Crippen LogP contribution in [0.5, 0.6) is 0 Å². The maximum atomic E-state index is 13.2. The molecule has 49 heavy (non-hydrogen) atoms. The van der Waals surface area contributed by atoms with Crippen LogP contribution in [0.1, 0.15) is 38.8 Å². The van der Waals surface area contributed by atoms with Crippen LogP contribution in [0.25, 0.3) is 0 Å². The van der Waals surface area contributed by atoms with Crippen molar-refractivity contribution in [3.63, 3.8) is 0 Å². The van der Waals surface area contributed by atoms with Gasteiger partial charge in [0.2, 0.25) is 0 Å². The third-order valence-electron chi connectivity index (χ3n) is 6.44. The number of sulfonamides is 2. The fourth-order valence-electron chi connectivity index (χ4n) is 4.07. The Kier molecular flexibility index (Phi) is 13.8. The number of aromatic nitrogens is 2. The van der Waals surface area contributed by atoms with Crippen molar-refractivity contribution in [2.24, 2.45) is 0 Å². The van der Waals surface area contributed by atoms with Crippen LogP contribution in [0.4, 0.5) is 11.4 Å². The molecule has 0 saturated heterocycles.